The normalized spacial score (nSPS) is 21.4. The molecule has 5 nitrogen and oxygen atoms in total. The largest absolute Gasteiger partial charge is 0.357 e. The molecule has 1 aromatic heterocycles. The molecule has 8 heteroatoms. The van der Waals surface area contributed by atoms with Crippen molar-refractivity contribution in [1.29, 1.82) is 0 Å². The molecule has 0 aliphatic carbocycles. The number of halogens is 1. The van der Waals surface area contributed by atoms with Crippen LogP contribution in [0.4, 0.5) is 5.13 Å². The van der Waals surface area contributed by atoms with Crippen LogP contribution in [-0.2, 0) is 9.84 Å². The van der Waals surface area contributed by atoms with E-state index in [-0.39, 0.29) is 17.5 Å². The fourth-order valence-electron chi connectivity index (χ4n) is 1.47. The van der Waals surface area contributed by atoms with Gasteiger partial charge in [0.05, 0.1) is 11.5 Å². The molecule has 1 aliphatic heterocycles. The molecule has 0 atom stereocenters. The Bertz CT molecular complexity index is 431. The van der Waals surface area contributed by atoms with Crippen molar-refractivity contribution in [1.82, 2.24) is 10.2 Å². The number of aromatic nitrogens is 2. The van der Waals surface area contributed by atoms with Gasteiger partial charge in [0.1, 0.15) is 9.84 Å². The van der Waals surface area contributed by atoms with E-state index in [0.717, 1.165) is 9.05 Å². The second kappa shape index (κ2) is 4.34. The number of rotatable bonds is 2. The zero-order valence-electron chi connectivity index (χ0n) is 7.81. The minimum atomic E-state index is -2.78. The van der Waals surface area contributed by atoms with Crippen LogP contribution in [0.2, 0.25) is 0 Å². The minimum absolute atomic E-state index is 0.202. The number of hydrogen-bond donors (Lipinski definition) is 1. The Morgan fingerprint density at radius 3 is 2.53 bits per heavy atom. The lowest BCUT2D eigenvalue weighted by Gasteiger charge is -2.22. The third-order valence-electron chi connectivity index (χ3n) is 2.28. The van der Waals surface area contributed by atoms with E-state index in [2.05, 4.69) is 31.4 Å². The van der Waals surface area contributed by atoms with E-state index in [0.29, 0.717) is 12.8 Å². The maximum Gasteiger partial charge on any atom is 0.206 e. The van der Waals surface area contributed by atoms with Crippen molar-refractivity contribution in [2.45, 2.75) is 18.9 Å². The highest BCUT2D eigenvalue weighted by atomic mass is 79.9. The van der Waals surface area contributed by atoms with E-state index in [1.54, 1.807) is 0 Å². The average Bonchev–Trinajstić information content (AvgIpc) is 2.55. The summed E-state index contributed by atoms with van der Waals surface area (Å²) in [5.74, 6) is 0.537. The topological polar surface area (TPSA) is 72.0 Å². The van der Waals surface area contributed by atoms with E-state index >= 15 is 0 Å². The monoisotopic (exact) mass is 311 g/mol. The van der Waals surface area contributed by atoms with Gasteiger partial charge in [-0.05, 0) is 28.8 Å². The van der Waals surface area contributed by atoms with Crippen LogP contribution >= 0.6 is 27.3 Å². The zero-order chi connectivity index (χ0) is 10.9. The molecule has 1 aliphatic rings. The van der Waals surface area contributed by atoms with Gasteiger partial charge < -0.3 is 5.32 Å². The molecule has 0 aromatic carbocycles. The van der Waals surface area contributed by atoms with Crippen molar-refractivity contribution in [2.75, 3.05) is 16.8 Å². The van der Waals surface area contributed by atoms with Crippen LogP contribution in [0, 0.1) is 0 Å². The Hall–Kier alpha value is -0.210. The lowest BCUT2D eigenvalue weighted by Crippen LogP contribution is -2.32. The summed E-state index contributed by atoms with van der Waals surface area (Å²) >= 11 is 4.64. The van der Waals surface area contributed by atoms with Crippen molar-refractivity contribution >= 4 is 42.2 Å². The maximum atomic E-state index is 11.2. The molecule has 1 aromatic rings. The smallest absolute Gasteiger partial charge is 0.206 e. The third-order valence-corrected chi connectivity index (χ3v) is 5.29. The van der Waals surface area contributed by atoms with Gasteiger partial charge in [-0.1, -0.05) is 11.3 Å². The fraction of sp³-hybridized carbons (Fsp3) is 0.714. The first-order valence-electron chi connectivity index (χ1n) is 4.51. The van der Waals surface area contributed by atoms with Gasteiger partial charge in [-0.3, -0.25) is 0 Å². The van der Waals surface area contributed by atoms with E-state index in [9.17, 15) is 8.42 Å². The molecule has 0 saturated carbocycles. The summed E-state index contributed by atoms with van der Waals surface area (Å²) in [7, 11) is -2.78. The van der Waals surface area contributed by atoms with Crippen LogP contribution in [0.3, 0.4) is 0 Å². The highest BCUT2D eigenvalue weighted by Gasteiger charge is 2.23. The second-order valence-electron chi connectivity index (χ2n) is 3.43. The van der Waals surface area contributed by atoms with E-state index in [1.807, 2.05) is 0 Å². The molecular formula is C7H10BrN3O2S2. The molecule has 1 N–H and O–H groups in total. The number of nitrogens with one attached hydrogen (secondary N) is 1. The fourth-order valence-corrected chi connectivity index (χ4v) is 4.05. The number of anilines is 1. The first-order chi connectivity index (χ1) is 7.05. The Morgan fingerprint density at radius 1 is 1.33 bits per heavy atom. The summed E-state index contributed by atoms with van der Waals surface area (Å²) in [6.07, 6.45) is 1.30. The second-order valence-corrected chi connectivity index (χ2v) is 7.99. The molecule has 1 saturated heterocycles. The Morgan fingerprint density at radius 2 is 2.00 bits per heavy atom. The van der Waals surface area contributed by atoms with Crippen LogP contribution in [0.25, 0.3) is 0 Å². The molecule has 0 spiro atoms. The maximum absolute atomic E-state index is 11.2. The Balaban J connectivity index is 1.92. The van der Waals surface area contributed by atoms with Gasteiger partial charge in [-0.2, -0.15) is 0 Å². The number of hydrogen-bond acceptors (Lipinski definition) is 6. The summed E-state index contributed by atoms with van der Waals surface area (Å²) < 4.78 is 23.1. The molecule has 2 rings (SSSR count). The third kappa shape index (κ3) is 3.12. The molecule has 0 amide bonds. The SMILES string of the molecule is O=S1(=O)CCC(Nc2nnc(Br)s2)CC1. The van der Waals surface area contributed by atoms with E-state index in [4.69, 9.17) is 0 Å². The predicted molar refractivity (Wildman–Crippen MR) is 62.9 cm³/mol. The van der Waals surface area contributed by atoms with Gasteiger partial charge in [0.2, 0.25) is 5.13 Å². The Kier molecular flexibility index (Phi) is 3.27. The van der Waals surface area contributed by atoms with Gasteiger partial charge >= 0.3 is 0 Å². The Labute approximate surface area is 100 Å². The molecule has 1 fully saturated rings. The van der Waals surface area contributed by atoms with E-state index < -0.39 is 9.84 Å². The predicted octanol–water partition coefficient (Wildman–Crippen LogP) is 1.29. The van der Waals surface area contributed by atoms with Crippen molar-refractivity contribution in [3.05, 3.63) is 3.92 Å². The standard InChI is InChI=1S/C7H10BrN3O2S2/c8-6-10-11-7(14-6)9-5-1-3-15(12,13)4-2-5/h5H,1-4H2,(H,9,11). The molecule has 0 bridgehead atoms. The van der Waals surface area contributed by atoms with Gasteiger partial charge in [-0.25, -0.2) is 8.42 Å². The molecule has 0 radical (unpaired) electrons. The molecule has 0 unspecified atom stereocenters. The molecular weight excluding hydrogens is 302 g/mol. The lowest BCUT2D eigenvalue weighted by atomic mass is 10.2. The summed E-state index contributed by atoms with van der Waals surface area (Å²) in [5.41, 5.74) is 0. The summed E-state index contributed by atoms with van der Waals surface area (Å²) in [6, 6.07) is 0.202. The van der Waals surface area contributed by atoms with Crippen molar-refractivity contribution < 1.29 is 8.42 Å². The van der Waals surface area contributed by atoms with Crippen LogP contribution < -0.4 is 5.32 Å². The number of nitrogens with zero attached hydrogens (tertiary/aromatic N) is 2. The van der Waals surface area contributed by atoms with Crippen LogP contribution in [-0.4, -0.2) is 36.2 Å². The van der Waals surface area contributed by atoms with Crippen molar-refractivity contribution in [3.8, 4) is 0 Å². The van der Waals surface area contributed by atoms with Crippen LogP contribution in [0.15, 0.2) is 3.92 Å². The van der Waals surface area contributed by atoms with Crippen LogP contribution in [0.1, 0.15) is 12.8 Å². The van der Waals surface area contributed by atoms with Crippen molar-refractivity contribution in [2.24, 2.45) is 0 Å². The van der Waals surface area contributed by atoms with Gasteiger partial charge in [0.25, 0.3) is 0 Å². The number of sulfone groups is 1. The summed E-state index contributed by atoms with van der Waals surface area (Å²) in [6.45, 7) is 0. The quantitative estimate of drug-likeness (QED) is 0.891. The lowest BCUT2D eigenvalue weighted by molar-refractivity contribution is 0.559. The average molecular weight is 312 g/mol. The first-order valence-corrected chi connectivity index (χ1v) is 7.94. The molecule has 15 heavy (non-hydrogen) atoms. The summed E-state index contributed by atoms with van der Waals surface area (Å²) in [4.78, 5) is 0. The minimum Gasteiger partial charge on any atom is -0.357 e. The first kappa shape index (κ1) is 11.3. The van der Waals surface area contributed by atoms with Gasteiger partial charge in [0, 0.05) is 6.04 Å². The van der Waals surface area contributed by atoms with Gasteiger partial charge in [-0.15, -0.1) is 10.2 Å². The highest BCUT2D eigenvalue weighted by molar-refractivity contribution is 9.11. The van der Waals surface area contributed by atoms with E-state index in [1.165, 1.54) is 11.3 Å². The van der Waals surface area contributed by atoms with Crippen LogP contribution in [0.5, 0.6) is 0 Å². The molecule has 84 valence electrons. The van der Waals surface area contributed by atoms with Crippen molar-refractivity contribution in [3.63, 3.8) is 0 Å². The highest BCUT2D eigenvalue weighted by Crippen LogP contribution is 2.23. The summed E-state index contributed by atoms with van der Waals surface area (Å²) in [5, 5.41) is 11.7. The zero-order valence-corrected chi connectivity index (χ0v) is 11.0. The molecule has 2 heterocycles. The van der Waals surface area contributed by atoms with Gasteiger partial charge in [0.15, 0.2) is 3.92 Å².